The SMILES string of the molecule is Clc1nc(Cc2cccnc2)nc(Cl)c1I. The standard InChI is InChI=1S/C10H6Cl2IN3/c11-9-8(13)10(12)16-7(15-9)4-6-2-1-3-14-5-6/h1-3,5H,4H2. The fourth-order valence-electron chi connectivity index (χ4n) is 1.20. The highest BCUT2D eigenvalue weighted by atomic mass is 127. The minimum absolute atomic E-state index is 0.388. The molecule has 0 saturated carbocycles. The molecule has 2 rings (SSSR count). The monoisotopic (exact) mass is 365 g/mol. The fraction of sp³-hybridized carbons (Fsp3) is 0.100. The number of halogens is 3. The quantitative estimate of drug-likeness (QED) is 0.605. The summed E-state index contributed by atoms with van der Waals surface area (Å²) >= 11 is 13.9. The van der Waals surface area contributed by atoms with Crippen LogP contribution >= 0.6 is 45.8 Å². The van der Waals surface area contributed by atoms with Crippen molar-refractivity contribution in [3.8, 4) is 0 Å². The van der Waals surface area contributed by atoms with Crippen LogP contribution in [0.5, 0.6) is 0 Å². The topological polar surface area (TPSA) is 38.7 Å². The molecule has 6 heteroatoms. The Hall–Kier alpha value is -0.460. The number of pyridine rings is 1. The third kappa shape index (κ3) is 2.81. The Labute approximate surface area is 116 Å². The van der Waals surface area contributed by atoms with E-state index in [9.17, 15) is 0 Å². The van der Waals surface area contributed by atoms with Gasteiger partial charge in [0.1, 0.15) is 16.1 Å². The van der Waals surface area contributed by atoms with Crippen LogP contribution in [0.1, 0.15) is 11.4 Å². The van der Waals surface area contributed by atoms with Gasteiger partial charge in [-0.2, -0.15) is 0 Å². The molecule has 2 aromatic heterocycles. The molecule has 0 aromatic carbocycles. The zero-order chi connectivity index (χ0) is 11.5. The van der Waals surface area contributed by atoms with E-state index in [0.717, 1.165) is 5.56 Å². The molecule has 0 amide bonds. The average molecular weight is 366 g/mol. The Balaban J connectivity index is 2.29. The van der Waals surface area contributed by atoms with E-state index in [1.807, 2.05) is 34.7 Å². The number of nitrogens with zero attached hydrogens (tertiary/aromatic N) is 3. The van der Waals surface area contributed by atoms with Crippen molar-refractivity contribution >= 4 is 45.8 Å². The molecule has 2 aromatic rings. The minimum atomic E-state index is 0.388. The van der Waals surface area contributed by atoms with Crippen LogP contribution in [-0.4, -0.2) is 15.0 Å². The number of hydrogen-bond acceptors (Lipinski definition) is 3. The van der Waals surface area contributed by atoms with E-state index in [1.165, 1.54) is 0 Å². The van der Waals surface area contributed by atoms with Crippen molar-refractivity contribution in [2.24, 2.45) is 0 Å². The van der Waals surface area contributed by atoms with Gasteiger partial charge in [0.15, 0.2) is 0 Å². The summed E-state index contributed by atoms with van der Waals surface area (Å²) in [4.78, 5) is 12.3. The average Bonchev–Trinajstić information content (AvgIpc) is 2.27. The maximum absolute atomic E-state index is 5.93. The molecule has 0 aliphatic carbocycles. The molecule has 0 N–H and O–H groups in total. The normalized spacial score (nSPS) is 10.4. The molecule has 82 valence electrons. The second kappa shape index (κ2) is 5.25. The van der Waals surface area contributed by atoms with Crippen LogP contribution in [0.4, 0.5) is 0 Å². The molecule has 0 fully saturated rings. The van der Waals surface area contributed by atoms with Gasteiger partial charge >= 0.3 is 0 Å². The van der Waals surface area contributed by atoms with Gasteiger partial charge in [0, 0.05) is 18.8 Å². The molecule has 0 bridgehead atoms. The van der Waals surface area contributed by atoms with E-state index in [4.69, 9.17) is 23.2 Å². The third-order valence-corrected chi connectivity index (χ3v) is 4.11. The summed E-state index contributed by atoms with van der Waals surface area (Å²) < 4.78 is 0.677. The molecule has 2 heterocycles. The summed E-state index contributed by atoms with van der Waals surface area (Å²) in [5.74, 6) is 0.600. The molecule has 0 saturated heterocycles. The summed E-state index contributed by atoms with van der Waals surface area (Å²) in [5, 5.41) is 0.777. The summed E-state index contributed by atoms with van der Waals surface area (Å²) in [6.07, 6.45) is 4.06. The minimum Gasteiger partial charge on any atom is -0.264 e. The van der Waals surface area contributed by atoms with Crippen molar-refractivity contribution in [3.63, 3.8) is 0 Å². The largest absolute Gasteiger partial charge is 0.264 e. The lowest BCUT2D eigenvalue weighted by Crippen LogP contribution is -1.99. The molecule has 16 heavy (non-hydrogen) atoms. The van der Waals surface area contributed by atoms with E-state index >= 15 is 0 Å². The molecule has 0 unspecified atom stereocenters. The van der Waals surface area contributed by atoms with Crippen molar-refractivity contribution in [1.82, 2.24) is 15.0 Å². The Bertz CT molecular complexity index is 482. The predicted molar refractivity (Wildman–Crippen MR) is 71.8 cm³/mol. The molecular weight excluding hydrogens is 360 g/mol. The maximum Gasteiger partial charge on any atom is 0.147 e. The van der Waals surface area contributed by atoms with Crippen LogP contribution in [0.3, 0.4) is 0 Å². The molecule has 0 spiro atoms. The van der Waals surface area contributed by atoms with Crippen LogP contribution in [-0.2, 0) is 6.42 Å². The van der Waals surface area contributed by atoms with Crippen LogP contribution < -0.4 is 0 Å². The Morgan fingerprint density at radius 3 is 2.44 bits per heavy atom. The van der Waals surface area contributed by atoms with E-state index in [1.54, 1.807) is 12.4 Å². The molecule has 0 atom stereocenters. The van der Waals surface area contributed by atoms with E-state index in [0.29, 0.717) is 26.1 Å². The summed E-state index contributed by atoms with van der Waals surface area (Å²) in [5.41, 5.74) is 1.02. The first-order valence-electron chi connectivity index (χ1n) is 4.43. The van der Waals surface area contributed by atoms with E-state index in [-0.39, 0.29) is 0 Å². The van der Waals surface area contributed by atoms with Gasteiger partial charge in [-0.3, -0.25) is 4.98 Å². The van der Waals surface area contributed by atoms with Crippen molar-refractivity contribution < 1.29 is 0 Å². The van der Waals surface area contributed by atoms with Crippen LogP contribution in [0, 0.1) is 3.57 Å². The highest BCUT2D eigenvalue weighted by Gasteiger charge is 2.09. The second-order valence-corrected chi connectivity index (χ2v) is 4.87. The van der Waals surface area contributed by atoms with E-state index < -0.39 is 0 Å². The summed E-state index contributed by atoms with van der Waals surface area (Å²) in [6.45, 7) is 0. The maximum atomic E-state index is 5.93. The fourth-order valence-corrected chi connectivity index (χ4v) is 1.86. The summed E-state index contributed by atoms with van der Waals surface area (Å²) in [6, 6.07) is 3.82. The van der Waals surface area contributed by atoms with Crippen molar-refractivity contribution in [1.29, 1.82) is 0 Å². The Kier molecular flexibility index (Phi) is 3.94. The predicted octanol–water partition coefficient (Wildman–Crippen LogP) is 3.37. The molecule has 0 aliphatic heterocycles. The van der Waals surface area contributed by atoms with Crippen LogP contribution in [0.2, 0.25) is 10.3 Å². The highest BCUT2D eigenvalue weighted by molar-refractivity contribution is 14.1. The van der Waals surface area contributed by atoms with E-state index in [2.05, 4.69) is 15.0 Å². The van der Waals surface area contributed by atoms with Crippen LogP contribution in [0.15, 0.2) is 24.5 Å². The lowest BCUT2D eigenvalue weighted by Gasteiger charge is -2.03. The number of hydrogen-bond donors (Lipinski definition) is 0. The van der Waals surface area contributed by atoms with Crippen LogP contribution in [0.25, 0.3) is 0 Å². The number of rotatable bonds is 2. The molecule has 0 radical (unpaired) electrons. The smallest absolute Gasteiger partial charge is 0.147 e. The number of aromatic nitrogens is 3. The van der Waals surface area contributed by atoms with Gasteiger partial charge < -0.3 is 0 Å². The lowest BCUT2D eigenvalue weighted by atomic mass is 10.2. The van der Waals surface area contributed by atoms with Gasteiger partial charge in [-0.05, 0) is 34.2 Å². The van der Waals surface area contributed by atoms with Crippen molar-refractivity contribution in [2.75, 3.05) is 0 Å². The highest BCUT2D eigenvalue weighted by Crippen LogP contribution is 2.23. The van der Waals surface area contributed by atoms with Crippen molar-refractivity contribution in [3.05, 3.63) is 49.8 Å². The second-order valence-electron chi connectivity index (χ2n) is 3.07. The lowest BCUT2D eigenvalue weighted by molar-refractivity contribution is 0.955. The molecular formula is C10H6Cl2IN3. The van der Waals surface area contributed by atoms with Gasteiger partial charge in [-0.25, -0.2) is 9.97 Å². The Morgan fingerprint density at radius 1 is 1.19 bits per heavy atom. The van der Waals surface area contributed by atoms with Gasteiger partial charge in [-0.15, -0.1) is 0 Å². The first kappa shape index (κ1) is 12.0. The van der Waals surface area contributed by atoms with Gasteiger partial charge in [0.2, 0.25) is 0 Å². The van der Waals surface area contributed by atoms with Gasteiger partial charge in [0.25, 0.3) is 0 Å². The van der Waals surface area contributed by atoms with Crippen molar-refractivity contribution in [2.45, 2.75) is 6.42 Å². The van der Waals surface area contributed by atoms with Gasteiger partial charge in [-0.1, -0.05) is 29.3 Å². The molecule has 0 aliphatic rings. The summed E-state index contributed by atoms with van der Waals surface area (Å²) in [7, 11) is 0. The molecule has 3 nitrogen and oxygen atoms in total. The third-order valence-electron chi connectivity index (χ3n) is 1.90. The zero-order valence-corrected chi connectivity index (χ0v) is 11.7. The van der Waals surface area contributed by atoms with Gasteiger partial charge in [0.05, 0.1) is 3.57 Å². The first-order valence-corrected chi connectivity index (χ1v) is 6.26. The zero-order valence-electron chi connectivity index (χ0n) is 7.99. The Morgan fingerprint density at radius 2 is 1.88 bits per heavy atom. The first-order chi connectivity index (χ1) is 7.66.